The first kappa shape index (κ1) is 14.3. The van der Waals surface area contributed by atoms with E-state index >= 15 is 0 Å². The maximum atomic E-state index is 4.70. The lowest BCUT2D eigenvalue weighted by Gasteiger charge is -2.11. The van der Waals surface area contributed by atoms with Crippen molar-refractivity contribution < 1.29 is 0 Å². The van der Waals surface area contributed by atoms with Crippen LogP contribution < -0.4 is 5.32 Å². The molecular weight excluding hydrogens is 254 g/mol. The number of nitrogens with zero attached hydrogens (tertiary/aromatic N) is 2. The van der Waals surface area contributed by atoms with Crippen molar-refractivity contribution in [2.45, 2.75) is 52.7 Å². The van der Waals surface area contributed by atoms with Crippen LogP contribution in [-0.4, -0.2) is 15.6 Å². The summed E-state index contributed by atoms with van der Waals surface area (Å²) in [6.07, 6.45) is 2.13. The van der Waals surface area contributed by atoms with E-state index in [9.17, 15) is 0 Å². The maximum absolute atomic E-state index is 4.70. The Morgan fingerprint density at radius 1 is 1.32 bits per heavy atom. The summed E-state index contributed by atoms with van der Waals surface area (Å²) in [6.45, 7) is 10.5. The quantitative estimate of drug-likeness (QED) is 0.874. The largest absolute Gasteiger partial charge is 0.344 e. The summed E-state index contributed by atoms with van der Waals surface area (Å²) < 4.78 is 2.27. The second-order valence-electron chi connectivity index (χ2n) is 5.49. The van der Waals surface area contributed by atoms with E-state index in [-0.39, 0.29) is 0 Å². The number of thiazole rings is 1. The third-order valence-electron chi connectivity index (χ3n) is 3.01. The first-order valence-electron chi connectivity index (χ1n) is 6.88. The van der Waals surface area contributed by atoms with E-state index in [1.165, 1.54) is 10.7 Å². The topological polar surface area (TPSA) is 29.9 Å². The summed E-state index contributed by atoms with van der Waals surface area (Å²) >= 11 is 1.76. The highest BCUT2D eigenvalue weighted by Gasteiger charge is 2.08. The average molecular weight is 277 g/mol. The van der Waals surface area contributed by atoms with E-state index in [0.29, 0.717) is 12.0 Å². The van der Waals surface area contributed by atoms with Crippen molar-refractivity contribution in [1.82, 2.24) is 14.9 Å². The maximum Gasteiger partial charge on any atom is 0.0954 e. The molecule has 0 bridgehead atoms. The fourth-order valence-electron chi connectivity index (χ4n) is 1.91. The Kier molecular flexibility index (Phi) is 4.77. The molecule has 4 heteroatoms. The molecule has 1 N–H and O–H groups in total. The van der Waals surface area contributed by atoms with Gasteiger partial charge < -0.3 is 9.88 Å². The van der Waals surface area contributed by atoms with Crippen LogP contribution in [0.4, 0.5) is 0 Å². The molecule has 2 aromatic heterocycles. The lowest BCUT2D eigenvalue weighted by atomic mass is 10.2. The standard InChI is InChI=1S/C15H23N3S/c1-11(2)15-17-13(10-19-15)9-18-7-5-6-14(18)8-16-12(3)4/h5-7,10-12,16H,8-9H2,1-4H3. The average Bonchev–Trinajstić information content (AvgIpc) is 2.96. The van der Waals surface area contributed by atoms with Crippen LogP contribution in [0.15, 0.2) is 23.7 Å². The minimum atomic E-state index is 0.509. The van der Waals surface area contributed by atoms with Crippen LogP contribution in [0.2, 0.25) is 0 Å². The Hall–Kier alpha value is -1.13. The summed E-state index contributed by atoms with van der Waals surface area (Å²) in [6, 6.07) is 4.79. The molecule has 3 nitrogen and oxygen atoms in total. The van der Waals surface area contributed by atoms with Crippen molar-refractivity contribution in [2.75, 3.05) is 0 Å². The van der Waals surface area contributed by atoms with Gasteiger partial charge in [-0.2, -0.15) is 0 Å². The van der Waals surface area contributed by atoms with Gasteiger partial charge in [-0.3, -0.25) is 0 Å². The van der Waals surface area contributed by atoms with E-state index in [1.54, 1.807) is 11.3 Å². The van der Waals surface area contributed by atoms with Crippen molar-refractivity contribution in [3.63, 3.8) is 0 Å². The van der Waals surface area contributed by atoms with E-state index in [0.717, 1.165) is 18.8 Å². The number of hydrogen-bond donors (Lipinski definition) is 1. The van der Waals surface area contributed by atoms with Crippen LogP contribution in [0.25, 0.3) is 0 Å². The molecule has 0 aliphatic rings. The molecule has 0 fully saturated rings. The molecular formula is C15H23N3S. The zero-order chi connectivity index (χ0) is 13.8. The molecule has 0 saturated carbocycles. The van der Waals surface area contributed by atoms with Crippen molar-refractivity contribution in [1.29, 1.82) is 0 Å². The zero-order valence-electron chi connectivity index (χ0n) is 12.2. The predicted octanol–water partition coefficient (Wildman–Crippen LogP) is 3.61. The van der Waals surface area contributed by atoms with Gasteiger partial charge in [-0.15, -0.1) is 11.3 Å². The van der Waals surface area contributed by atoms with Crippen molar-refractivity contribution in [2.24, 2.45) is 0 Å². The third kappa shape index (κ3) is 3.91. The van der Waals surface area contributed by atoms with Gasteiger partial charge in [-0.1, -0.05) is 27.7 Å². The summed E-state index contributed by atoms with van der Waals surface area (Å²) in [5, 5.41) is 6.86. The Labute approximate surface area is 119 Å². The molecule has 0 aliphatic heterocycles. The van der Waals surface area contributed by atoms with Gasteiger partial charge in [0.25, 0.3) is 0 Å². The number of nitrogens with one attached hydrogen (secondary N) is 1. The van der Waals surface area contributed by atoms with E-state index in [2.05, 4.69) is 61.3 Å². The molecule has 0 aliphatic carbocycles. The number of rotatable bonds is 6. The zero-order valence-corrected chi connectivity index (χ0v) is 13.0. The molecule has 2 heterocycles. The predicted molar refractivity (Wildman–Crippen MR) is 81.7 cm³/mol. The van der Waals surface area contributed by atoms with Crippen LogP contribution in [0.1, 0.15) is 50.0 Å². The highest BCUT2D eigenvalue weighted by molar-refractivity contribution is 7.09. The van der Waals surface area contributed by atoms with Gasteiger partial charge in [0.05, 0.1) is 17.2 Å². The summed E-state index contributed by atoms with van der Waals surface area (Å²) in [5.41, 5.74) is 2.48. The SMILES string of the molecule is CC(C)NCc1cccn1Cc1csc(C(C)C)n1. The molecule has 0 amide bonds. The normalized spacial score (nSPS) is 11.7. The van der Waals surface area contributed by atoms with Gasteiger partial charge in [0, 0.05) is 35.8 Å². The Bertz CT molecular complexity index is 511. The molecule has 2 rings (SSSR count). The van der Waals surface area contributed by atoms with Gasteiger partial charge >= 0.3 is 0 Å². The van der Waals surface area contributed by atoms with Gasteiger partial charge in [0.2, 0.25) is 0 Å². The van der Waals surface area contributed by atoms with Crippen molar-refractivity contribution in [3.8, 4) is 0 Å². The number of aromatic nitrogens is 2. The van der Waals surface area contributed by atoms with E-state index in [4.69, 9.17) is 4.98 Å². The van der Waals surface area contributed by atoms with Crippen LogP contribution in [0, 0.1) is 0 Å². The monoisotopic (exact) mass is 277 g/mol. The molecule has 0 atom stereocenters. The number of hydrogen-bond acceptors (Lipinski definition) is 3. The Morgan fingerprint density at radius 2 is 2.11 bits per heavy atom. The fraction of sp³-hybridized carbons (Fsp3) is 0.533. The fourth-order valence-corrected chi connectivity index (χ4v) is 2.73. The van der Waals surface area contributed by atoms with Gasteiger partial charge in [-0.05, 0) is 12.1 Å². The second kappa shape index (κ2) is 6.35. The molecule has 0 saturated heterocycles. The minimum Gasteiger partial charge on any atom is -0.344 e. The van der Waals surface area contributed by atoms with Gasteiger partial charge in [-0.25, -0.2) is 4.98 Å². The molecule has 0 aromatic carbocycles. The highest BCUT2D eigenvalue weighted by atomic mass is 32.1. The molecule has 0 radical (unpaired) electrons. The van der Waals surface area contributed by atoms with Crippen LogP contribution in [0.3, 0.4) is 0 Å². The second-order valence-corrected chi connectivity index (χ2v) is 6.38. The van der Waals surface area contributed by atoms with Crippen LogP contribution in [-0.2, 0) is 13.1 Å². The highest BCUT2D eigenvalue weighted by Crippen LogP contribution is 2.20. The molecule has 0 unspecified atom stereocenters. The smallest absolute Gasteiger partial charge is 0.0954 e. The van der Waals surface area contributed by atoms with Gasteiger partial charge in [0.1, 0.15) is 0 Å². The molecule has 0 spiro atoms. The van der Waals surface area contributed by atoms with Crippen LogP contribution in [0.5, 0.6) is 0 Å². The lowest BCUT2D eigenvalue weighted by molar-refractivity contribution is 0.563. The Balaban J connectivity index is 2.04. The minimum absolute atomic E-state index is 0.509. The molecule has 2 aromatic rings. The van der Waals surface area contributed by atoms with Crippen molar-refractivity contribution >= 4 is 11.3 Å². The first-order valence-corrected chi connectivity index (χ1v) is 7.76. The van der Waals surface area contributed by atoms with E-state index in [1.807, 2.05) is 0 Å². The molecule has 19 heavy (non-hydrogen) atoms. The summed E-state index contributed by atoms with van der Waals surface area (Å²) in [4.78, 5) is 4.70. The molecule has 104 valence electrons. The van der Waals surface area contributed by atoms with Crippen molar-refractivity contribution in [3.05, 3.63) is 40.1 Å². The van der Waals surface area contributed by atoms with Gasteiger partial charge in [0.15, 0.2) is 0 Å². The lowest BCUT2D eigenvalue weighted by Crippen LogP contribution is -2.23. The third-order valence-corrected chi connectivity index (χ3v) is 4.20. The first-order chi connectivity index (χ1) is 9.06. The summed E-state index contributed by atoms with van der Waals surface area (Å²) in [7, 11) is 0. The summed E-state index contributed by atoms with van der Waals surface area (Å²) in [5.74, 6) is 0.519. The van der Waals surface area contributed by atoms with Crippen LogP contribution >= 0.6 is 11.3 Å². The Morgan fingerprint density at radius 3 is 2.74 bits per heavy atom. The van der Waals surface area contributed by atoms with E-state index < -0.39 is 0 Å².